The highest BCUT2D eigenvalue weighted by Gasteiger charge is 2.33. The maximum absolute atomic E-state index is 13.1. The normalized spacial score (nSPS) is 13.3. The van der Waals surface area contributed by atoms with Crippen molar-refractivity contribution in [3.8, 4) is 0 Å². The van der Waals surface area contributed by atoms with E-state index < -0.39 is 0 Å². The van der Waals surface area contributed by atoms with Crippen LogP contribution >= 0.6 is 12.4 Å². The number of pyridine rings is 1. The highest BCUT2D eigenvalue weighted by molar-refractivity contribution is 6.23. The quantitative estimate of drug-likeness (QED) is 0.494. The van der Waals surface area contributed by atoms with Crippen molar-refractivity contribution in [1.29, 1.82) is 5.41 Å². The van der Waals surface area contributed by atoms with E-state index in [-0.39, 0.29) is 24.3 Å². The van der Waals surface area contributed by atoms with Gasteiger partial charge in [0.15, 0.2) is 5.96 Å². The molecule has 4 N–H and O–H groups in total. The van der Waals surface area contributed by atoms with Crippen molar-refractivity contribution in [1.82, 2.24) is 15.2 Å². The molecule has 1 aliphatic carbocycles. The van der Waals surface area contributed by atoms with Crippen LogP contribution in [-0.2, 0) is 0 Å². The molecule has 7 nitrogen and oxygen atoms in total. The van der Waals surface area contributed by atoms with Crippen LogP contribution in [0.5, 0.6) is 0 Å². The third-order valence-corrected chi connectivity index (χ3v) is 4.20. The van der Waals surface area contributed by atoms with E-state index in [1.807, 2.05) is 24.3 Å². The maximum atomic E-state index is 13.1. The molecule has 0 radical (unpaired) electrons. The van der Waals surface area contributed by atoms with Gasteiger partial charge in [0.2, 0.25) is 0 Å². The zero-order valence-corrected chi connectivity index (χ0v) is 14.1. The number of amides is 1. The summed E-state index contributed by atoms with van der Waals surface area (Å²) < 4.78 is 0. The predicted octanol–water partition coefficient (Wildman–Crippen LogP) is 2.80. The number of hydrogen-bond donors (Lipinski definition) is 3. The third kappa shape index (κ3) is 2.94. The van der Waals surface area contributed by atoms with Crippen molar-refractivity contribution in [3.63, 3.8) is 0 Å². The molecule has 0 atom stereocenters. The Labute approximate surface area is 150 Å². The van der Waals surface area contributed by atoms with Crippen LogP contribution in [0.1, 0.15) is 34.8 Å². The van der Waals surface area contributed by atoms with E-state index >= 15 is 0 Å². The van der Waals surface area contributed by atoms with Crippen molar-refractivity contribution in [2.75, 3.05) is 4.90 Å². The van der Waals surface area contributed by atoms with Crippen LogP contribution < -0.4 is 10.6 Å². The van der Waals surface area contributed by atoms with Gasteiger partial charge in [-0.2, -0.15) is 5.10 Å². The number of halogens is 1. The van der Waals surface area contributed by atoms with Crippen molar-refractivity contribution in [2.45, 2.75) is 18.8 Å². The molecule has 0 bridgehead atoms. The number of nitrogens with zero attached hydrogens (tertiary/aromatic N) is 3. The van der Waals surface area contributed by atoms with Gasteiger partial charge in [0, 0.05) is 17.5 Å². The molecule has 4 rings (SSSR count). The third-order valence-electron chi connectivity index (χ3n) is 4.20. The molecular formula is C17H17ClN6O. The first kappa shape index (κ1) is 16.9. The average Bonchev–Trinajstić information content (AvgIpc) is 3.31. The van der Waals surface area contributed by atoms with Gasteiger partial charge in [-0.1, -0.05) is 18.2 Å². The summed E-state index contributed by atoms with van der Waals surface area (Å²) in [5, 5.41) is 15.6. The van der Waals surface area contributed by atoms with E-state index in [0.29, 0.717) is 17.2 Å². The van der Waals surface area contributed by atoms with E-state index in [9.17, 15) is 4.79 Å². The molecule has 2 heterocycles. The van der Waals surface area contributed by atoms with Crippen molar-refractivity contribution in [3.05, 3.63) is 54.0 Å². The molecule has 1 aliphatic rings. The molecule has 0 aliphatic heterocycles. The van der Waals surface area contributed by atoms with Crippen LogP contribution in [0.15, 0.2) is 42.7 Å². The SMILES string of the molecule is Cl.N=C(N)N(C(=O)c1cn[nH]c1C1CC1)c1ccnc2ccccc12. The summed E-state index contributed by atoms with van der Waals surface area (Å²) in [6.07, 6.45) is 5.20. The first-order chi connectivity index (χ1) is 11.7. The number of H-pyrrole nitrogens is 1. The van der Waals surface area contributed by atoms with Crippen LogP contribution in [0.4, 0.5) is 5.69 Å². The van der Waals surface area contributed by atoms with Gasteiger partial charge in [-0.15, -0.1) is 12.4 Å². The Balaban J connectivity index is 0.00000182. The Hall–Kier alpha value is -2.93. The fourth-order valence-corrected chi connectivity index (χ4v) is 2.89. The molecular weight excluding hydrogens is 340 g/mol. The number of rotatable bonds is 3. The lowest BCUT2D eigenvalue weighted by Crippen LogP contribution is -2.41. The molecule has 1 amide bonds. The minimum absolute atomic E-state index is 0. The molecule has 1 fully saturated rings. The Kier molecular flexibility index (Phi) is 4.41. The van der Waals surface area contributed by atoms with Gasteiger partial charge in [-0.05, 0) is 25.0 Å². The number of aromatic nitrogens is 3. The van der Waals surface area contributed by atoms with Gasteiger partial charge in [-0.3, -0.25) is 20.3 Å². The van der Waals surface area contributed by atoms with Gasteiger partial charge in [0.05, 0.1) is 28.7 Å². The molecule has 8 heteroatoms. The number of guanidine groups is 1. The summed E-state index contributed by atoms with van der Waals surface area (Å²) in [4.78, 5) is 18.6. The monoisotopic (exact) mass is 356 g/mol. The molecule has 3 aromatic rings. The van der Waals surface area contributed by atoms with Crippen LogP contribution in [0.3, 0.4) is 0 Å². The van der Waals surface area contributed by atoms with Crippen LogP contribution in [0.25, 0.3) is 10.9 Å². The topological polar surface area (TPSA) is 112 Å². The zero-order chi connectivity index (χ0) is 16.7. The van der Waals surface area contributed by atoms with Gasteiger partial charge >= 0.3 is 0 Å². The Morgan fingerprint density at radius 2 is 2.04 bits per heavy atom. The average molecular weight is 357 g/mol. The second kappa shape index (κ2) is 6.52. The highest BCUT2D eigenvalue weighted by Crippen LogP contribution is 2.41. The van der Waals surface area contributed by atoms with Crippen LogP contribution in [-0.4, -0.2) is 27.0 Å². The van der Waals surface area contributed by atoms with Gasteiger partial charge in [-0.25, -0.2) is 4.90 Å². The van der Waals surface area contributed by atoms with Crippen LogP contribution in [0, 0.1) is 5.41 Å². The van der Waals surface area contributed by atoms with E-state index in [2.05, 4.69) is 15.2 Å². The second-order valence-corrected chi connectivity index (χ2v) is 5.84. The lowest BCUT2D eigenvalue weighted by Gasteiger charge is -2.22. The van der Waals surface area contributed by atoms with E-state index in [1.54, 1.807) is 12.3 Å². The number of carbonyl (C=O) groups is 1. The number of para-hydroxylation sites is 1. The Morgan fingerprint density at radius 3 is 2.76 bits per heavy atom. The van der Waals surface area contributed by atoms with Gasteiger partial charge in [0.25, 0.3) is 5.91 Å². The first-order valence-corrected chi connectivity index (χ1v) is 7.72. The number of nitrogens with one attached hydrogen (secondary N) is 2. The van der Waals surface area contributed by atoms with E-state index in [0.717, 1.165) is 29.4 Å². The fraction of sp³-hybridized carbons (Fsp3) is 0.176. The van der Waals surface area contributed by atoms with Crippen LogP contribution in [0.2, 0.25) is 0 Å². The van der Waals surface area contributed by atoms with Crippen molar-refractivity contribution < 1.29 is 4.79 Å². The molecule has 25 heavy (non-hydrogen) atoms. The van der Waals surface area contributed by atoms with Crippen molar-refractivity contribution >= 4 is 40.9 Å². The molecule has 2 aromatic heterocycles. The maximum Gasteiger partial charge on any atom is 0.268 e. The molecule has 0 unspecified atom stereocenters. The molecule has 1 saturated carbocycles. The number of aromatic amines is 1. The summed E-state index contributed by atoms with van der Waals surface area (Å²) >= 11 is 0. The first-order valence-electron chi connectivity index (χ1n) is 7.72. The summed E-state index contributed by atoms with van der Waals surface area (Å²) in [5.74, 6) is -0.344. The fourth-order valence-electron chi connectivity index (χ4n) is 2.89. The van der Waals surface area contributed by atoms with Gasteiger partial charge < -0.3 is 5.73 Å². The molecule has 128 valence electrons. The smallest absolute Gasteiger partial charge is 0.268 e. The Bertz CT molecular complexity index is 944. The molecule has 0 spiro atoms. The number of benzene rings is 1. The second-order valence-electron chi connectivity index (χ2n) is 5.84. The van der Waals surface area contributed by atoms with Crippen molar-refractivity contribution in [2.24, 2.45) is 5.73 Å². The summed E-state index contributed by atoms with van der Waals surface area (Å²) in [7, 11) is 0. The lowest BCUT2D eigenvalue weighted by molar-refractivity contribution is 0.100. The minimum Gasteiger partial charge on any atom is -0.369 e. The predicted molar refractivity (Wildman–Crippen MR) is 98.3 cm³/mol. The molecule has 0 saturated heterocycles. The number of hydrogen-bond acceptors (Lipinski definition) is 4. The number of nitrogens with two attached hydrogens (primary N) is 1. The summed E-state index contributed by atoms with van der Waals surface area (Å²) in [6.45, 7) is 0. The van der Waals surface area contributed by atoms with E-state index in [1.165, 1.54) is 11.1 Å². The summed E-state index contributed by atoms with van der Waals surface area (Å²) in [5.41, 5.74) is 8.32. The number of anilines is 1. The largest absolute Gasteiger partial charge is 0.369 e. The van der Waals surface area contributed by atoms with E-state index in [4.69, 9.17) is 11.1 Å². The highest BCUT2D eigenvalue weighted by atomic mass is 35.5. The summed E-state index contributed by atoms with van der Waals surface area (Å²) in [6, 6.07) is 9.15. The number of carbonyl (C=O) groups excluding carboxylic acids is 1. The lowest BCUT2D eigenvalue weighted by atomic mass is 10.1. The Morgan fingerprint density at radius 1 is 1.28 bits per heavy atom. The molecule has 1 aromatic carbocycles. The number of fused-ring (bicyclic) bond motifs is 1. The standard InChI is InChI=1S/C17H16N6O.ClH/c18-17(19)23(14-7-8-20-13-4-2-1-3-11(13)14)16(24)12-9-21-22-15(12)10-5-6-10;/h1-4,7-10H,5-6H2,(H3,18,19)(H,21,22);1H. The zero-order valence-electron chi connectivity index (χ0n) is 13.3. The minimum atomic E-state index is -0.352. The van der Waals surface area contributed by atoms with Gasteiger partial charge in [0.1, 0.15) is 0 Å².